The first kappa shape index (κ1) is 26.0. The van der Waals surface area contributed by atoms with Gasteiger partial charge in [-0.25, -0.2) is 13.8 Å². The van der Waals surface area contributed by atoms with Crippen LogP contribution in [0.2, 0.25) is 15.1 Å². The van der Waals surface area contributed by atoms with Gasteiger partial charge in [0.1, 0.15) is 5.69 Å². The van der Waals surface area contributed by atoms with Gasteiger partial charge in [0, 0.05) is 11.2 Å². The van der Waals surface area contributed by atoms with E-state index in [0.717, 1.165) is 6.07 Å². The van der Waals surface area contributed by atoms with Crippen molar-refractivity contribution in [3.05, 3.63) is 56.3 Å². The normalized spacial score (nSPS) is 11.3. The lowest BCUT2D eigenvalue weighted by Crippen LogP contribution is -2.36. The number of nitrogens with one attached hydrogen (secondary N) is 3. The molecule has 3 N–H and O–H groups in total. The van der Waals surface area contributed by atoms with Gasteiger partial charge in [-0.1, -0.05) is 34.8 Å². The second kappa shape index (κ2) is 10.6. The molecule has 0 unspecified atom stereocenters. The number of pyridine rings is 1. The Hall–Kier alpha value is -2.28. The molecule has 0 spiro atoms. The summed E-state index contributed by atoms with van der Waals surface area (Å²) in [6.45, 7) is -0.943. The standard InChI is InChI=1S/C17H10Cl3F5N4O2S/c18-7-2-8(14(30)27-5-11(21)22)12(10(20)3-7)28-16(32)29-15(31)13-9(19)1-6(4-26-13)17(23,24)25/h1-4,11H,5H2,(H,27,30)(H2,28,29,31,32). The third kappa shape index (κ3) is 6.86. The van der Waals surface area contributed by atoms with Crippen molar-refractivity contribution in [3.63, 3.8) is 0 Å². The summed E-state index contributed by atoms with van der Waals surface area (Å²) in [7, 11) is 0. The fourth-order valence-corrected chi connectivity index (χ4v) is 3.20. The molecular formula is C17H10Cl3F5N4O2S. The Bertz CT molecular complexity index is 1070. The number of carbonyl (C=O) groups is 2. The van der Waals surface area contributed by atoms with E-state index in [1.165, 1.54) is 6.07 Å². The molecule has 1 aromatic heterocycles. The van der Waals surface area contributed by atoms with E-state index >= 15 is 0 Å². The van der Waals surface area contributed by atoms with Crippen LogP contribution in [0.5, 0.6) is 0 Å². The number of alkyl halides is 5. The number of rotatable bonds is 5. The summed E-state index contributed by atoms with van der Waals surface area (Å²) in [6.07, 6.45) is -7.11. The zero-order valence-electron chi connectivity index (χ0n) is 15.3. The number of hydrogen-bond acceptors (Lipinski definition) is 4. The lowest BCUT2D eigenvalue weighted by molar-refractivity contribution is -0.137. The van der Waals surface area contributed by atoms with Crippen molar-refractivity contribution < 1.29 is 31.5 Å². The number of anilines is 1. The van der Waals surface area contributed by atoms with E-state index in [1.54, 1.807) is 0 Å². The molecule has 2 rings (SSSR count). The molecule has 32 heavy (non-hydrogen) atoms. The highest BCUT2D eigenvalue weighted by molar-refractivity contribution is 7.80. The van der Waals surface area contributed by atoms with E-state index in [1.807, 2.05) is 5.32 Å². The molecule has 0 aliphatic carbocycles. The Kier molecular flexibility index (Phi) is 8.57. The number of nitrogens with zero attached hydrogens (tertiary/aromatic N) is 1. The molecule has 0 fully saturated rings. The maximum Gasteiger partial charge on any atom is 0.417 e. The summed E-state index contributed by atoms with van der Waals surface area (Å²) < 4.78 is 62.8. The van der Waals surface area contributed by atoms with E-state index in [9.17, 15) is 31.5 Å². The van der Waals surface area contributed by atoms with E-state index in [-0.39, 0.29) is 21.3 Å². The molecule has 0 radical (unpaired) electrons. The highest BCUT2D eigenvalue weighted by atomic mass is 35.5. The van der Waals surface area contributed by atoms with Crippen molar-refractivity contribution in [2.75, 3.05) is 11.9 Å². The van der Waals surface area contributed by atoms with Crippen LogP contribution in [0.1, 0.15) is 26.4 Å². The maximum absolute atomic E-state index is 12.7. The van der Waals surface area contributed by atoms with E-state index in [2.05, 4.69) is 15.6 Å². The summed E-state index contributed by atoms with van der Waals surface area (Å²) in [6, 6.07) is 2.85. The molecular weight excluding hydrogens is 526 g/mol. The summed E-state index contributed by atoms with van der Waals surface area (Å²) in [4.78, 5) is 27.9. The summed E-state index contributed by atoms with van der Waals surface area (Å²) in [5, 5.41) is 5.36. The molecule has 0 atom stereocenters. The quantitative estimate of drug-likeness (QED) is 0.363. The van der Waals surface area contributed by atoms with Crippen LogP contribution in [-0.2, 0) is 6.18 Å². The first-order valence-corrected chi connectivity index (χ1v) is 9.74. The number of halogens is 8. The van der Waals surface area contributed by atoms with Gasteiger partial charge in [0.25, 0.3) is 18.2 Å². The Labute approximate surface area is 197 Å². The van der Waals surface area contributed by atoms with Crippen molar-refractivity contribution in [2.45, 2.75) is 12.6 Å². The van der Waals surface area contributed by atoms with Crippen molar-refractivity contribution >= 4 is 69.6 Å². The molecule has 6 nitrogen and oxygen atoms in total. The molecule has 172 valence electrons. The Morgan fingerprint density at radius 1 is 1.06 bits per heavy atom. The Morgan fingerprint density at radius 2 is 1.72 bits per heavy atom. The number of aromatic nitrogens is 1. The average Bonchev–Trinajstić information content (AvgIpc) is 2.66. The SMILES string of the molecule is O=C(NCC(F)F)c1cc(Cl)cc(Cl)c1NC(=S)NC(=O)c1ncc(C(F)(F)F)cc1Cl. The van der Waals surface area contributed by atoms with Crippen LogP contribution < -0.4 is 16.0 Å². The van der Waals surface area contributed by atoms with Gasteiger partial charge in [0.2, 0.25) is 0 Å². The number of carbonyl (C=O) groups excluding carboxylic acids is 2. The molecule has 1 aromatic carbocycles. The second-order valence-electron chi connectivity index (χ2n) is 5.87. The molecule has 0 aliphatic rings. The van der Waals surface area contributed by atoms with Crippen LogP contribution in [0.4, 0.5) is 27.6 Å². The van der Waals surface area contributed by atoms with Gasteiger partial charge in [-0.2, -0.15) is 13.2 Å². The van der Waals surface area contributed by atoms with Gasteiger partial charge < -0.3 is 10.6 Å². The fraction of sp³-hybridized carbons (Fsp3) is 0.176. The number of benzene rings is 1. The zero-order valence-corrected chi connectivity index (χ0v) is 18.4. The molecule has 1 heterocycles. The van der Waals surface area contributed by atoms with Crippen LogP contribution >= 0.6 is 47.0 Å². The van der Waals surface area contributed by atoms with Crippen molar-refractivity contribution in [2.24, 2.45) is 0 Å². The lowest BCUT2D eigenvalue weighted by atomic mass is 10.1. The van der Waals surface area contributed by atoms with Gasteiger partial charge in [-0.3, -0.25) is 14.9 Å². The molecule has 0 saturated carbocycles. The van der Waals surface area contributed by atoms with Crippen LogP contribution in [-0.4, -0.2) is 34.9 Å². The number of thiocarbonyl (C=S) groups is 1. The third-order valence-electron chi connectivity index (χ3n) is 3.57. The molecule has 2 aromatic rings. The Morgan fingerprint density at radius 3 is 2.28 bits per heavy atom. The summed E-state index contributed by atoms with van der Waals surface area (Å²) >= 11 is 22.5. The second-order valence-corrected chi connectivity index (χ2v) is 7.53. The lowest BCUT2D eigenvalue weighted by Gasteiger charge is -2.16. The third-order valence-corrected chi connectivity index (χ3v) is 4.57. The fourth-order valence-electron chi connectivity index (χ4n) is 2.21. The van der Waals surface area contributed by atoms with Crippen LogP contribution in [0, 0.1) is 0 Å². The smallest absolute Gasteiger partial charge is 0.346 e. The largest absolute Gasteiger partial charge is 0.417 e. The minimum absolute atomic E-state index is 0.0124. The first-order valence-electron chi connectivity index (χ1n) is 8.20. The van der Waals surface area contributed by atoms with E-state index in [0.29, 0.717) is 12.3 Å². The van der Waals surface area contributed by atoms with Gasteiger partial charge in [0.15, 0.2) is 5.11 Å². The van der Waals surface area contributed by atoms with Crippen LogP contribution in [0.3, 0.4) is 0 Å². The summed E-state index contributed by atoms with van der Waals surface area (Å²) in [5.74, 6) is -2.02. The van der Waals surface area contributed by atoms with Crippen LogP contribution in [0.15, 0.2) is 24.4 Å². The predicted molar refractivity (Wildman–Crippen MR) is 113 cm³/mol. The molecule has 0 bridgehead atoms. The zero-order chi connectivity index (χ0) is 24.2. The van der Waals surface area contributed by atoms with Gasteiger partial charge in [-0.05, 0) is 30.4 Å². The highest BCUT2D eigenvalue weighted by Crippen LogP contribution is 2.32. The molecule has 0 saturated heterocycles. The van der Waals surface area contributed by atoms with Crippen LogP contribution in [0.25, 0.3) is 0 Å². The van der Waals surface area contributed by atoms with E-state index in [4.69, 9.17) is 47.0 Å². The monoisotopic (exact) mass is 534 g/mol. The minimum Gasteiger partial charge on any atom is -0.346 e. The van der Waals surface area contributed by atoms with Crippen molar-refractivity contribution in [3.8, 4) is 0 Å². The van der Waals surface area contributed by atoms with Gasteiger partial charge in [0.05, 0.1) is 33.4 Å². The molecule has 2 amide bonds. The summed E-state index contributed by atoms with van der Waals surface area (Å²) in [5.41, 5.74) is -2.14. The minimum atomic E-state index is -4.71. The highest BCUT2D eigenvalue weighted by Gasteiger charge is 2.32. The first-order chi connectivity index (χ1) is 14.8. The predicted octanol–water partition coefficient (Wildman–Crippen LogP) is 5.18. The van der Waals surface area contributed by atoms with Gasteiger partial charge >= 0.3 is 6.18 Å². The van der Waals surface area contributed by atoms with Gasteiger partial charge in [-0.15, -0.1) is 0 Å². The van der Waals surface area contributed by atoms with Crippen molar-refractivity contribution in [1.82, 2.24) is 15.6 Å². The topological polar surface area (TPSA) is 83.1 Å². The Balaban J connectivity index is 2.21. The van der Waals surface area contributed by atoms with Crippen molar-refractivity contribution in [1.29, 1.82) is 0 Å². The van der Waals surface area contributed by atoms with E-state index < -0.39 is 52.4 Å². The average molecular weight is 536 g/mol. The number of hydrogen-bond donors (Lipinski definition) is 3. The number of amides is 2. The molecule has 15 heteroatoms. The maximum atomic E-state index is 12.7. The molecule has 0 aliphatic heterocycles.